The minimum Gasteiger partial charge on any atom is -0.489 e. The summed E-state index contributed by atoms with van der Waals surface area (Å²) in [7, 11) is 0. The highest BCUT2D eigenvalue weighted by Gasteiger charge is 2.17. The zero-order valence-corrected chi connectivity index (χ0v) is 12.5. The predicted octanol–water partition coefficient (Wildman–Crippen LogP) is 2.31. The smallest absolute Gasteiger partial charge is 0.253 e. The van der Waals surface area contributed by atoms with Crippen molar-refractivity contribution in [3.05, 3.63) is 65.7 Å². The van der Waals surface area contributed by atoms with Crippen LogP contribution in [0.4, 0.5) is 0 Å². The maximum atomic E-state index is 12.3. The molecule has 22 heavy (non-hydrogen) atoms. The average Bonchev–Trinajstić information content (AvgIpc) is 2.61. The minimum absolute atomic E-state index is 0.0936. The van der Waals surface area contributed by atoms with E-state index in [1.807, 2.05) is 59.5 Å². The number of amides is 1. The van der Waals surface area contributed by atoms with Crippen LogP contribution in [-0.4, -0.2) is 37.0 Å². The molecule has 4 nitrogen and oxygen atoms in total. The van der Waals surface area contributed by atoms with E-state index in [1.54, 1.807) is 0 Å². The van der Waals surface area contributed by atoms with E-state index in [2.05, 4.69) is 5.32 Å². The molecule has 0 spiro atoms. The Morgan fingerprint density at radius 1 is 1.00 bits per heavy atom. The first-order chi connectivity index (χ1) is 10.8. The molecule has 0 radical (unpaired) electrons. The zero-order chi connectivity index (χ0) is 15.2. The Morgan fingerprint density at radius 3 is 2.36 bits per heavy atom. The number of rotatable bonds is 4. The van der Waals surface area contributed by atoms with E-state index >= 15 is 0 Å². The summed E-state index contributed by atoms with van der Waals surface area (Å²) >= 11 is 0. The highest BCUT2D eigenvalue weighted by Crippen LogP contribution is 2.15. The largest absolute Gasteiger partial charge is 0.489 e. The molecular formula is C18H20N2O2. The average molecular weight is 296 g/mol. The van der Waals surface area contributed by atoms with Gasteiger partial charge in [-0.05, 0) is 29.8 Å². The molecule has 0 bridgehead atoms. The number of piperazine rings is 1. The molecule has 1 aliphatic rings. The number of hydrogen-bond acceptors (Lipinski definition) is 3. The van der Waals surface area contributed by atoms with Gasteiger partial charge in [-0.15, -0.1) is 0 Å². The van der Waals surface area contributed by atoms with E-state index in [0.29, 0.717) is 12.2 Å². The second-order valence-corrected chi connectivity index (χ2v) is 5.34. The third kappa shape index (κ3) is 3.65. The van der Waals surface area contributed by atoms with Gasteiger partial charge in [-0.2, -0.15) is 0 Å². The van der Waals surface area contributed by atoms with Crippen LogP contribution < -0.4 is 10.1 Å². The normalized spacial score (nSPS) is 14.6. The van der Waals surface area contributed by atoms with Gasteiger partial charge in [-0.25, -0.2) is 0 Å². The summed E-state index contributed by atoms with van der Waals surface area (Å²) in [6.07, 6.45) is 0. The molecule has 2 aromatic carbocycles. The van der Waals surface area contributed by atoms with Gasteiger partial charge in [0.2, 0.25) is 0 Å². The fraction of sp³-hybridized carbons (Fsp3) is 0.278. The molecule has 4 heteroatoms. The summed E-state index contributed by atoms with van der Waals surface area (Å²) in [6.45, 7) is 3.80. The molecule has 1 saturated heterocycles. The van der Waals surface area contributed by atoms with Gasteiger partial charge in [-0.1, -0.05) is 30.3 Å². The fourth-order valence-corrected chi connectivity index (χ4v) is 2.49. The zero-order valence-electron chi connectivity index (χ0n) is 12.5. The summed E-state index contributed by atoms with van der Waals surface area (Å²) in [4.78, 5) is 14.2. The van der Waals surface area contributed by atoms with Gasteiger partial charge in [-0.3, -0.25) is 4.79 Å². The molecule has 2 aromatic rings. The van der Waals surface area contributed by atoms with Crippen molar-refractivity contribution >= 4 is 5.91 Å². The Labute approximate surface area is 130 Å². The van der Waals surface area contributed by atoms with Crippen LogP contribution in [0.3, 0.4) is 0 Å². The number of carbonyl (C=O) groups is 1. The molecule has 1 fully saturated rings. The molecule has 3 rings (SSSR count). The molecule has 0 aromatic heterocycles. The molecular weight excluding hydrogens is 276 g/mol. The molecule has 0 saturated carbocycles. The van der Waals surface area contributed by atoms with Crippen LogP contribution in [0, 0.1) is 0 Å². The molecule has 1 aliphatic heterocycles. The van der Waals surface area contributed by atoms with Crippen molar-refractivity contribution in [1.82, 2.24) is 10.2 Å². The molecule has 1 amide bonds. The molecule has 114 valence electrons. The van der Waals surface area contributed by atoms with Crippen molar-refractivity contribution in [2.24, 2.45) is 0 Å². The molecule has 1 N–H and O–H groups in total. The van der Waals surface area contributed by atoms with Crippen molar-refractivity contribution in [3.63, 3.8) is 0 Å². The van der Waals surface area contributed by atoms with Gasteiger partial charge >= 0.3 is 0 Å². The Bertz CT molecular complexity index is 605. The molecule has 0 aliphatic carbocycles. The highest BCUT2D eigenvalue weighted by atomic mass is 16.5. The van der Waals surface area contributed by atoms with Crippen LogP contribution in [0.2, 0.25) is 0 Å². The summed E-state index contributed by atoms with van der Waals surface area (Å²) in [6, 6.07) is 17.4. The van der Waals surface area contributed by atoms with Crippen molar-refractivity contribution in [2.45, 2.75) is 6.61 Å². The summed E-state index contributed by atoms with van der Waals surface area (Å²) < 4.78 is 5.74. The molecule has 0 unspecified atom stereocenters. The number of carbonyl (C=O) groups excluding carboxylic acids is 1. The molecule has 1 heterocycles. The van der Waals surface area contributed by atoms with Crippen molar-refractivity contribution in [3.8, 4) is 5.75 Å². The van der Waals surface area contributed by atoms with Crippen molar-refractivity contribution in [1.29, 1.82) is 0 Å². The summed E-state index contributed by atoms with van der Waals surface area (Å²) in [5.41, 5.74) is 1.84. The van der Waals surface area contributed by atoms with E-state index in [0.717, 1.165) is 37.5 Å². The topological polar surface area (TPSA) is 41.6 Å². The maximum Gasteiger partial charge on any atom is 0.253 e. The first-order valence-electron chi connectivity index (χ1n) is 7.60. The van der Waals surface area contributed by atoms with E-state index in [4.69, 9.17) is 4.74 Å². The van der Waals surface area contributed by atoms with Crippen molar-refractivity contribution in [2.75, 3.05) is 26.2 Å². The Hall–Kier alpha value is -2.33. The second-order valence-electron chi connectivity index (χ2n) is 5.34. The van der Waals surface area contributed by atoms with Gasteiger partial charge in [0.25, 0.3) is 5.91 Å². The number of nitrogens with zero attached hydrogens (tertiary/aromatic N) is 1. The van der Waals surface area contributed by atoms with Gasteiger partial charge in [0, 0.05) is 31.7 Å². The van der Waals surface area contributed by atoms with E-state index < -0.39 is 0 Å². The van der Waals surface area contributed by atoms with Crippen LogP contribution in [0.1, 0.15) is 15.9 Å². The lowest BCUT2D eigenvalue weighted by molar-refractivity contribution is 0.0736. The SMILES string of the molecule is O=C(c1ccc(OCc2ccccc2)cc1)N1CCNCC1. The number of benzene rings is 2. The number of ether oxygens (including phenoxy) is 1. The number of hydrogen-bond donors (Lipinski definition) is 1. The van der Waals surface area contributed by atoms with Crippen molar-refractivity contribution < 1.29 is 9.53 Å². The first-order valence-corrected chi connectivity index (χ1v) is 7.60. The first kappa shape index (κ1) is 14.6. The monoisotopic (exact) mass is 296 g/mol. The lowest BCUT2D eigenvalue weighted by Gasteiger charge is -2.27. The Morgan fingerprint density at radius 2 is 1.68 bits per heavy atom. The second kappa shape index (κ2) is 7.09. The van der Waals surface area contributed by atoms with Gasteiger partial charge in [0.05, 0.1) is 0 Å². The quantitative estimate of drug-likeness (QED) is 0.941. The third-order valence-electron chi connectivity index (χ3n) is 3.75. The van der Waals surface area contributed by atoms with Gasteiger partial charge in [0.15, 0.2) is 0 Å². The molecule has 0 atom stereocenters. The highest BCUT2D eigenvalue weighted by molar-refractivity contribution is 5.94. The van der Waals surface area contributed by atoms with E-state index in [9.17, 15) is 4.79 Å². The fourth-order valence-electron chi connectivity index (χ4n) is 2.49. The lowest BCUT2D eigenvalue weighted by atomic mass is 10.1. The maximum absolute atomic E-state index is 12.3. The van der Waals surface area contributed by atoms with Crippen LogP contribution in [0.15, 0.2) is 54.6 Å². The van der Waals surface area contributed by atoms with E-state index in [-0.39, 0.29) is 5.91 Å². The predicted molar refractivity (Wildman–Crippen MR) is 86.0 cm³/mol. The van der Waals surface area contributed by atoms with E-state index in [1.165, 1.54) is 0 Å². The lowest BCUT2D eigenvalue weighted by Crippen LogP contribution is -2.46. The summed E-state index contributed by atoms with van der Waals surface area (Å²) in [5.74, 6) is 0.872. The van der Waals surface area contributed by atoms with Crippen LogP contribution in [0.5, 0.6) is 5.75 Å². The van der Waals surface area contributed by atoms with Gasteiger partial charge < -0.3 is 15.0 Å². The van der Waals surface area contributed by atoms with Crippen LogP contribution >= 0.6 is 0 Å². The van der Waals surface area contributed by atoms with Gasteiger partial charge in [0.1, 0.15) is 12.4 Å². The minimum atomic E-state index is 0.0936. The summed E-state index contributed by atoms with van der Waals surface area (Å²) in [5, 5.41) is 3.25. The Balaban J connectivity index is 1.59. The third-order valence-corrected chi connectivity index (χ3v) is 3.75. The van der Waals surface area contributed by atoms with Crippen LogP contribution in [0.25, 0.3) is 0 Å². The number of nitrogens with one attached hydrogen (secondary N) is 1. The van der Waals surface area contributed by atoms with Crippen LogP contribution in [-0.2, 0) is 6.61 Å². The Kier molecular flexibility index (Phi) is 4.71. The standard InChI is InChI=1S/C18H20N2O2/c21-18(20-12-10-19-11-13-20)16-6-8-17(9-7-16)22-14-15-4-2-1-3-5-15/h1-9,19H,10-14H2.